The maximum atomic E-state index is 5.23. The van der Waals surface area contributed by atoms with Gasteiger partial charge in [-0.15, -0.1) is 0 Å². The van der Waals surface area contributed by atoms with Gasteiger partial charge < -0.3 is 0 Å². The summed E-state index contributed by atoms with van der Waals surface area (Å²) < 4.78 is 0. The topological polar surface area (TPSA) is 25.8 Å². The van der Waals surface area contributed by atoms with Crippen molar-refractivity contribution in [3.8, 4) is 101 Å². The van der Waals surface area contributed by atoms with Crippen molar-refractivity contribution < 1.29 is 0 Å². The number of hydrogen-bond donors (Lipinski definition) is 0. The Balaban J connectivity index is 0.927. The Bertz CT molecular complexity index is 2940. The summed E-state index contributed by atoms with van der Waals surface area (Å²) >= 11 is 0. The van der Waals surface area contributed by atoms with Gasteiger partial charge in [-0.05, 0) is 115 Å². The van der Waals surface area contributed by atoms with Gasteiger partial charge in [-0.2, -0.15) is 0 Å². The number of rotatable bonds is 8. The molecular formula is C61H44N2. The average Bonchev–Trinajstić information content (AvgIpc) is 3.59. The van der Waals surface area contributed by atoms with Gasteiger partial charge in [-0.1, -0.05) is 196 Å². The van der Waals surface area contributed by atoms with Crippen LogP contribution in [0.3, 0.4) is 0 Å². The largest absolute Gasteiger partial charge is 0.248 e. The summed E-state index contributed by atoms with van der Waals surface area (Å²) in [5.41, 5.74) is 22.8. The van der Waals surface area contributed by atoms with Crippen LogP contribution in [-0.2, 0) is 5.41 Å². The zero-order valence-electron chi connectivity index (χ0n) is 35.3. The molecule has 1 aliphatic carbocycles. The van der Waals surface area contributed by atoms with Gasteiger partial charge >= 0.3 is 0 Å². The normalized spacial score (nSPS) is 12.4. The number of fused-ring (bicyclic) bond motifs is 3. The van der Waals surface area contributed by atoms with Gasteiger partial charge in [0.2, 0.25) is 0 Å². The van der Waals surface area contributed by atoms with Crippen LogP contribution < -0.4 is 0 Å². The highest BCUT2D eigenvalue weighted by molar-refractivity contribution is 5.88. The van der Waals surface area contributed by atoms with Crippen LogP contribution in [0.4, 0.5) is 0 Å². The van der Waals surface area contributed by atoms with Crippen LogP contribution in [0.15, 0.2) is 231 Å². The minimum atomic E-state index is -0.192. The second-order valence-corrected chi connectivity index (χ2v) is 17.0. The Morgan fingerprint density at radius 3 is 0.968 bits per heavy atom. The number of pyridine rings is 2. The van der Waals surface area contributed by atoms with E-state index in [4.69, 9.17) is 9.97 Å². The van der Waals surface area contributed by atoms with Crippen LogP contribution in [0, 0.1) is 0 Å². The number of aromatic nitrogens is 2. The van der Waals surface area contributed by atoms with Gasteiger partial charge in [-0.25, -0.2) is 9.97 Å². The first-order valence-electron chi connectivity index (χ1n) is 21.7. The third-order valence-corrected chi connectivity index (χ3v) is 12.7. The van der Waals surface area contributed by atoms with E-state index in [0.717, 1.165) is 61.7 Å². The lowest BCUT2D eigenvalue weighted by atomic mass is 9.80. The van der Waals surface area contributed by atoms with Crippen molar-refractivity contribution in [2.24, 2.45) is 0 Å². The van der Waals surface area contributed by atoms with Crippen LogP contribution in [0.2, 0.25) is 0 Å². The van der Waals surface area contributed by atoms with E-state index in [2.05, 4.69) is 244 Å². The lowest BCUT2D eigenvalue weighted by Gasteiger charge is -2.23. The first-order valence-corrected chi connectivity index (χ1v) is 21.7. The third-order valence-electron chi connectivity index (χ3n) is 12.7. The Morgan fingerprint density at radius 2 is 0.540 bits per heavy atom. The van der Waals surface area contributed by atoms with Crippen molar-refractivity contribution in [3.63, 3.8) is 0 Å². The van der Waals surface area contributed by atoms with Gasteiger partial charge in [0.25, 0.3) is 0 Å². The Labute approximate surface area is 369 Å². The molecule has 0 aliphatic heterocycles. The van der Waals surface area contributed by atoms with E-state index in [-0.39, 0.29) is 5.41 Å². The van der Waals surface area contributed by atoms with Crippen molar-refractivity contribution in [3.05, 3.63) is 242 Å². The van der Waals surface area contributed by atoms with E-state index in [1.807, 2.05) is 0 Å². The van der Waals surface area contributed by atoms with E-state index in [0.29, 0.717) is 0 Å². The van der Waals surface area contributed by atoms with E-state index in [9.17, 15) is 0 Å². The molecular weight excluding hydrogens is 761 g/mol. The van der Waals surface area contributed by atoms with E-state index < -0.39 is 0 Å². The maximum absolute atomic E-state index is 5.23. The summed E-state index contributed by atoms with van der Waals surface area (Å²) in [5, 5.41) is 0. The van der Waals surface area contributed by atoms with Crippen LogP contribution in [-0.4, -0.2) is 9.97 Å². The lowest BCUT2D eigenvalue weighted by molar-refractivity contribution is 0.661. The van der Waals surface area contributed by atoms with E-state index in [1.165, 1.54) is 50.1 Å². The number of nitrogens with zero attached hydrogens (tertiary/aromatic N) is 2. The zero-order chi connectivity index (χ0) is 42.3. The van der Waals surface area contributed by atoms with E-state index in [1.54, 1.807) is 0 Å². The Hall–Kier alpha value is -7.94. The quantitative estimate of drug-likeness (QED) is 0.153. The molecule has 0 N–H and O–H groups in total. The highest BCUT2D eigenvalue weighted by Gasteiger charge is 2.36. The highest BCUT2D eigenvalue weighted by atomic mass is 14.7. The SMILES string of the molecule is CC1(C)c2cc(-c3cccc(-c4cc(-c5ccccc5)nc(-c5ccccc5)c4)c3)ccc2-c2ccc(-c3cccc(-c4cc(-c5ccccc5)cc(-c5ccccc5)n4)c3)cc21. The monoisotopic (exact) mass is 804 g/mol. The molecule has 0 saturated carbocycles. The molecule has 10 aromatic rings. The van der Waals surface area contributed by atoms with Crippen molar-refractivity contribution >= 4 is 0 Å². The predicted molar refractivity (Wildman–Crippen MR) is 263 cm³/mol. The zero-order valence-corrected chi connectivity index (χ0v) is 35.3. The summed E-state index contributed by atoms with van der Waals surface area (Å²) in [4.78, 5) is 10.4. The van der Waals surface area contributed by atoms with Gasteiger partial charge in [0, 0.05) is 27.7 Å². The van der Waals surface area contributed by atoms with Crippen LogP contribution in [0.5, 0.6) is 0 Å². The molecule has 0 amide bonds. The summed E-state index contributed by atoms with van der Waals surface area (Å²) in [6, 6.07) is 82.7. The molecule has 2 nitrogen and oxygen atoms in total. The smallest absolute Gasteiger partial charge is 0.0715 e. The molecule has 2 aromatic heterocycles. The summed E-state index contributed by atoms with van der Waals surface area (Å²) in [7, 11) is 0. The van der Waals surface area contributed by atoms with Crippen LogP contribution in [0.1, 0.15) is 25.0 Å². The molecule has 0 unspecified atom stereocenters. The van der Waals surface area contributed by atoms with Crippen molar-refractivity contribution in [1.29, 1.82) is 0 Å². The molecule has 0 radical (unpaired) electrons. The molecule has 0 spiro atoms. The maximum Gasteiger partial charge on any atom is 0.0715 e. The molecule has 2 heterocycles. The molecule has 0 bridgehead atoms. The minimum absolute atomic E-state index is 0.192. The number of hydrogen-bond acceptors (Lipinski definition) is 2. The fourth-order valence-electron chi connectivity index (χ4n) is 9.28. The van der Waals surface area contributed by atoms with Crippen molar-refractivity contribution in [1.82, 2.24) is 9.97 Å². The van der Waals surface area contributed by atoms with Crippen molar-refractivity contribution in [2.75, 3.05) is 0 Å². The van der Waals surface area contributed by atoms with E-state index >= 15 is 0 Å². The molecule has 8 aromatic carbocycles. The average molecular weight is 805 g/mol. The first kappa shape index (κ1) is 38.0. The molecule has 0 saturated heterocycles. The van der Waals surface area contributed by atoms with Gasteiger partial charge in [0.1, 0.15) is 0 Å². The molecule has 0 atom stereocenters. The fraction of sp³-hybridized carbons (Fsp3) is 0.0492. The standard InChI is InChI=1S/C61H44N2/c1-61(2)55-35-48(45-25-15-27-47(33-45)52-39-58(43-21-11-5-12-22-43)62-59(40-52)44-23-13-6-14-24-44)29-31-53(55)54-32-30-49(36-56(54)61)46-26-16-28-50(34-46)60-38-51(41-17-7-3-8-18-41)37-57(63-60)42-19-9-4-10-20-42/h3-40H,1-2H3. The summed E-state index contributed by atoms with van der Waals surface area (Å²) in [5.74, 6) is 0. The van der Waals surface area contributed by atoms with Crippen LogP contribution in [0.25, 0.3) is 101 Å². The highest BCUT2D eigenvalue weighted by Crippen LogP contribution is 2.51. The van der Waals surface area contributed by atoms with Gasteiger partial charge in [-0.3, -0.25) is 0 Å². The van der Waals surface area contributed by atoms with Crippen molar-refractivity contribution in [2.45, 2.75) is 19.3 Å². The lowest BCUT2D eigenvalue weighted by Crippen LogP contribution is -2.15. The summed E-state index contributed by atoms with van der Waals surface area (Å²) in [6.07, 6.45) is 0. The summed E-state index contributed by atoms with van der Waals surface area (Å²) in [6.45, 7) is 4.74. The second-order valence-electron chi connectivity index (χ2n) is 17.0. The first-order chi connectivity index (χ1) is 30.9. The molecule has 298 valence electrons. The number of benzene rings is 8. The Morgan fingerprint density at radius 1 is 0.238 bits per heavy atom. The minimum Gasteiger partial charge on any atom is -0.248 e. The predicted octanol–water partition coefficient (Wildman–Crippen LogP) is 16.1. The third kappa shape index (κ3) is 7.26. The Kier molecular flexibility index (Phi) is 9.55. The molecule has 63 heavy (non-hydrogen) atoms. The molecule has 1 aliphatic rings. The molecule has 2 heteroatoms. The fourth-order valence-corrected chi connectivity index (χ4v) is 9.28. The molecule has 11 rings (SSSR count). The van der Waals surface area contributed by atoms with Crippen LogP contribution >= 0.6 is 0 Å². The van der Waals surface area contributed by atoms with Gasteiger partial charge in [0.05, 0.1) is 22.8 Å². The van der Waals surface area contributed by atoms with Gasteiger partial charge in [0.15, 0.2) is 0 Å². The molecule has 0 fully saturated rings. The second kappa shape index (κ2) is 15.8.